The summed E-state index contributed by atoms with van der Waals surface area (Å²) in [6, 6.07) is 13.1. The van der Waals surface area contributed by atoms with Gasteiger partial charge in [0, 0.05) is 23.5 Å². The summed E-state index contributed by atoms with van der Waals surface area (Å²) in [7, 11) is 1.52. The van der Waals surface area contributed by atoms with E-state index in [0.717, 1.165) is 0 Å². The number of rotatable bonds is 7. The minimum Gasteiger partial charge on any atom is -0.497 e. The van der Waals surface area contributed by atoms with Gasteiger partial charge >= 0.3 is 12.1 Å². The van der Waals surface area contributed by atoms with Crippen LogP contribution in [0.15, 0.2) is 65.7 Å². The minimum absolute atomic E-state index is 0.137. The van der Waals surface area contributed by atoms with Gasteiger partial charge < -0.3 is 15.2 Å². The van der Waals surface area contributed by atoms with Crippen LogP contribution in [0.1, 0.15) is 5.56 Å². The lowest BCUT2D eigenvalue weighted by atomic mass is 10.0. The largest absolute Gasteiger partial charge is 0.497 e. The summed E-state index contributed by atoms with van der Waals surface area (Å²) in [5.41, 5.74) is 1.31. The number of carbonyl (C=O) groups is 1. The van der Waals surface area contributed by atoms with Crippen molar-refractivity contribution >= 4 is 22.8 Å². The molecule has 0 radical (unpaired) electrons. The first-order valence-electron chi connectivity index (χ1n) is 10.3. The number of hydrogen-bond acceptors (Lipinski definition) is 6. The van der Waals surface area contributed by atoms with E-state index < -0.39 is 24.2 Å². The van der Waals surface area contributed by atoms with Crippen LogP contribution in [0, 0.1) is 0 Å². The van der Waals surface area contributed by atoms with Crippen LogP contribution in [0.3, 0.4) is 0 Å². The monoisotopic (exact) mass is 484 g/mol. The number of hydrogen-bond donors (Lipinski definition) is 2. The Morgan fingerprint density at radius 1 is 1.11 bits per heavy atom. The van der Waals surface area contributed by atoms with Crippen LogP contribution in [0.25, 0.3) is 27.7 Å². The number of carboxylic acids is 1. The Labute approximate surface area is 196 Å². The van der Waals surface area contributed by atoms with Gasteiger partial charge in [-0.05, 0) is 35.4 Å². The molecule has 0 saturated carbocycles. The van der Waals surface area contributed by atoms with E-state index in [9.17, 15) is 22.8 Å². The Kier molecular flexibility index (Phi) is 6.41. The van der Waals surface area contributed by atoms with Crippen molar-refractivity contribution in [2.45, 2.75) is 12.6 Å². The van der Waals surface area contributed by atoms with Gasteiger partial charge in [-0.15, -0.1) is 0 Å². The highest BCUT2D eigenvalue weighted by Crippen LogP contribution is 2.27. The number of halogens is 3. The summed E-state index contributed by atoms with van der Waals surface area (Å²) in [5, 5.41) is 11.6. The van der Waals surface area contributed by atoms with E-state index in [1.54, 1.807) is 48.5 Å². The Balaban J connectivity index is 1.89. The zero-order valence-corrected chi connectivity index (χ0v) is 18.3. The van der Waals surface area contributed by atoms with E-state index >= 15 is 0 Å². The Bertz CT molecular complexity index is 1430. The molecule has 2 N–H and O–H groups in total. The number of nitrogens with zero attached hydrogens (tertiary/aromatic N) is 3. The van der Waals surface area contributed by atoms with Crippen molar-refractivity contribution < 1.29 is 27.8 Å². The molecule has 0 amide bonds. The fourth-order valence-electron chi connectivity index (χ4n) is 3.53. The second-order valence-electron chi connectivity index (χ2n) is 7.61. The van der Waals surface area contributed by atoms with Crippen LogP contribution in [0.2, 0.25) is 0 Å². The third-order valence-electron chi connectivity index (χ3n) is 5.15. The normalized spacial score (nSPS) is 11.4. The highest BCUT2D eigenvalue weighted by molar-refractivity contribution is 5.93. The summed E-state index contributed by atoms with van der Waals surface area (Å²) < 4.78 is 44.5. The highest BCUT2D eigenvalue weighted by atomic mass is 19.4. The molecule has 0 aliphatic rings. The summed E-state index contributed by atoms with van der Waals surface area (Å²) in [5.74, 6) is -0.682. The quantitative estimate of drug-likeness (QED) is 0.408. The van der Waals surface area contributed by atoms with Gasteiger partial charge in [0.05, 0.1) is 24.6 Å². The fourth-order valence-corrected chi connectivity index (χ4v) is 3.53. The van der Waals surface area contributed by atoms with Gasteiger partial charge in [0.15, 0.2) is 0 Å². The predicted octanol–water partition coefficient (Wildman–Crippen LogP) is 4.06. The van der Waals surface area contributed by atoms with Crippen molar-refractivity contribution in [2.75, 3.05) is 19.0 Å². The average molecular weight is 484 g/mol. The van der Waals surface area contributed by atoms with E-state index in [4.69, 9.17) is 9.84 Å². The molecule has 0 atom stereocenters. The molecule has 8 nitrogen and oxygen atoms in total. The first-order chi connectivity index (χ1) is 16.6. The summed E-state index contributed by atoms with van der Waals surface area (Å²) in [6.45, 7) is -1.33. The van der Waals surface area contributed by atoms with E-state index in [0.29, 0.717) is 28.0 Å². The maximum absolute atomic E-state index is 13.6. The van der Waals surface area contributed by atoms with Gasteiger partial charge in [-0.3, -0.25) is 14.2 Å². The molecule has 0 unspecified atom stereocenters. The van der Waals surface area contributed by atoms with Crippen molar-refractivity contribution in [3.05, 3.63) is 76.8 Å². The number of fused-ring (bicyclic) bond motifs is 1. The maximum atomic E-state index is 13.6. The van der Waals surface area contributed by atoms with E-state index in [-0.39, 0.29) is 23.4 Å². The Hall–Kier alpha value is -4.41. The number of anilines is 1. The third-order valence-corrected chi connectivity index (χ3v) is 5.15. The Morgan fingerprint density at radius 3 is 2.40 bits per heavy atom. The number of ether oxygens (including phenoxy) is 1. The first kappa shape index (κ1) is 23.7. The molecule has 0 saturated heterocycles. The summed E-state index contributed by atoms with van der Waals surface area (Å²) in [6.07, 6.45) is -1.82. The van der Waals surface area contributed by atoms with E-state index in [1.807, 2.05) is 0 Å². The van der Waals surface area contributed by atoms with Gasteiger partial charge in [0.2, 0.25) is 5.95 Å². The maximum Gasteiger partial charge on any atom is 0.405 e. The molecule has 4 aromatic rings. The topological polar surface area (TPSA) is 106 Å². The lowest BCUT2D eigenvalue weighted by molar-refractivity contribution is -0.136. The van der Waals surface area contributed by atoms with Crippen LogP contribution in [0.5, 0.6) is 5.75 Å². The van der Waals surface area contributed by atoms with Crippen LogP contribution < -0.4 is 15.6 Å². The molecule has 11 heteroatoms. The number of nitrogens with one attached hydrogen (secondary N) is 1. The molecular weight excluding hydrogens is 465 g/mol. The van der Waals surface area contributed by atoms with Crippen molar-refractivity contribution in [3.63, 3.8) is 0 Å². The second kappa shape index (κ2) is 9.45. The molecule has 0 fully saturated rings. The second-order valence-corrected chi connectivity index (χ2v) is 7.61. The van der Waals surface area contributed by atoms with E-state index in [2.05, 4.69) is 15.3 Å². The number of aromatic nitrogens is 3. The lowest BCUT2D eigenvalue weighted by Gasteiger charge is -2.14. The highest BCUT2D eigenvalue weighted by Gasteiger charge is 2.27. The minimum atomic E-state index is -4.47. The van der Waals surface area contributed by atoms with Gasteiger partial charge in [0.25, 0.3) is 5.56 Å². The van der Waals surface area contributed by atoms with Crippen LogP contribution >= 0.6 is 0 Å². The third kappa shape index (κ3) is 5.40. The smallest absolute Gasteiger partial charge is 0.405 e. The number of carboxylic acid groups (broad SMARTS) is 1. The molecule has 2 heterocycles. The van der Waals surface area contributed by atoms with Crippen LogP contribution in [0.4, 0.5) is 19.1 Å². The molecule has 35 heavy (non-hydrogen) atoms. The van der Waals surface area contributed by atoms with Gasteiger partial charge in [0.1, 0.15) is 12.3 Å². The van der Waals surface area contributed by atoms with Gasteiger partial charge in [-0.25, -0.2) is 9.97 Å². The van der Waals surface area contributed by atoms with Gasteiger partial charge in [-0.2, -0.15) is 13.2 Å². The van der Waals surface area contributed by atoms with Crippen LogP contribution in [-0.2, 0) is 11.2 Å². The average Bonchev–Trinajstić information content (AvgIpc) is 2.82. The fraction of sp³-hybridized carbons (Fsp3) is 0.167. The van der Waals surface area contributed by atoms with Crippen molar-refractivity contribution in [1.82, 2.24) is 14.5 Å². The SMILES string of the molecule is COc1ccc(-n2cc3cnc(NCC(F)(F)F)nc3c(-c3ccc(CC(=O)O)cc3)c2=O)cc1. The van der Waals surface area contributed by atoms with Crippen molar-refractivity contribution in [3.8, 4) is 22.6 Å². The van der Waals surface area contributed by atoms with Gasteiger partial charge in [-0.1, -0.05) is 24.3 Å². The zero-order valence-electron chi connectivity index (χ0n) is 18.3. The molecule has 0 aliphatic carbocycles. The lowest BCUT2D eigenvalue weighted by Crippen LogP contribution is -2.23. The molecule has 2 aromatic heterocycles. The molecule has 0 aliphatic heterocycles. The number of alkyl halides is 3. The number of benzene rings is 2. The standard InChI is InChI=1S/C24H19F3N4O4/c1-35-18-8-6-17(7-9-18)31-12-16-11-28-23(29-13-24(25,26)27)30-21(16)20(22(31)34)15-4-2-14(3-5-15)10-19(32)33/h2-9,11-12H,10,13H2,1H3,(H,29,30)(H,32,33). The molecule has 180 valence electrons. The van der Waals surface area contributed by atoms with E-state index in [1.165, 1.54) is 24.1 Å². The van der Waals surface area contributed by atoms with Crippen molar-refractivity contribution in [2.24, 2.45) is 0 Å². The molecule has 0 spiro atoms. The number of methoxy groups -OCH3 is 1. The zero-order chi connectivity index (χ0) is 25.2. The molecule has 0 bridgehead atoms. The summed E-state index contributed by atoms with van der Waals surface area (Å²) in [4.78, 5) is 32.8. The summed E-state index contributed by atoms with van der Waals surface area (Å²) >= 11 is 0. The first-order valence-corrected chi connectivity index (χ1v) is 10.3. The van der Waals surface area contributed by atoms with Crippen molar-refractivity contribution in [1.29, 1.82) is 0 Å². The Morgan fingerprint density at radius 2 is 1.80 bits per heavy atom. The molecule has 2 aromatic carbocycles. The number of pyridine rings is 1. The van der Waals surface area contributed by atoms with Crippen LogP contribution in [-0.4, -0.2) is 45.4 Å². The number of aliphatic carboxylic acids is 1. The molecular formula is C24H19F3N4O4. The molecule has 4 rings (SSSR count). The predicted molar refractivity (Wildman–Crippen MR) is 123 cm³/mol.